The fourth-order valence-corrected chi connectivity index (χ4v) is 0.445. The molecule has 0 unspecified atom stereocenters. The largest absolute Gasteiger partial charge is 0.405 e. The standard InChI is InChI=1S/C6H10N2/c7-4-1-5-8-6-2-3-6/h1,4-6H,2-3,7H2. The molecule has 1 fully saturated rings. The minimum absolute atomic E-state index is 0.617. The van der Waals surface area contributed by atoms with Gasteiger partial charge in [0.1, 0.15) is 0 Å². The van der Waals surface area contributed by atoms with E-state index in [1.54, 1.807) is 12.3 Å². The number of nitrogens with two attached hydrogens (primary N) is 1. The Morgan fingerprint density at radius 3 is 2.75 bits per heavy atom. The molecule has 44 valence electrons. The molecule has 2 N–H and O–H groups in total. The van der Waals surface area contributed by atoms with Gasteiger partial charge in [0.2, 0.25) is 0 Å². The van der Waals surface area contributed by atoms with Crippen LogP contribution in [-0.2, 0) is 0 Å². The molecule has 0 aromatic heterocycles. The third kappa shape index (κ3) is 1.78. The van der Waals surface area contributed by atoms with E-state index in [1.807, 2.05) is 0 Å². The number of hydrogen-bond acceptors (Lipinski definition) is 2. The maximum atomic E-state index is 5.06. The highest BCUT2D eigenvalue weighted by Gasteiger charge is 2.18. The second-order valence-corrected chi connectivity index (χ2v) is 1.91. The second-order valence-electron chi connectivity index (χ2n) is 1.91. The first kappa shape index (κ1) is 5.35. The molecule has 0 aromatic carbocycles. The Kier molecular flexibility index (Phi) is 1.67. The summed E-state index contributed by atoms with van der Waals surface area (Å²) in [5.41, 5.74) is 5.06. The lowest BCUT2D eigenvalue weighted by molar-refractivity contribution is 1.08. The SMILES string of the molecule is NC=CC=NC1CC1. The Bertz CT molecular complexity index is 112. The molecule has 8 heavy (non-hydrogen) atoms. The Labute approximate surface area is 49.1 Å². The lowest BCUT2D eigenvalue weighted by Gasteiger charge is -1.75. The van der Waals surface area contributed by atoms with Crippen LogP contribution in [0.1, 0.15) is 12.8 Å². The summed E-state index contributed by atoms with van der Waals surface area (Å²) in [6.45, 7) is 0. The van der Waals surface area contributed by atoms with Crippen molar-refractivity contribution in [3.63, 3.8) is 0 Å². The zero-order valence-corrected chi connectivity index (χ0v) is 4.75. The van der Waals surface area contributed by atoms with Gasteiger partial charge in [-0.05, 0) is 25.1 Å². The Morgan fingerprint density at radius 1 is 1.50 bits per heavy atom. The maximum Gasteiger partial charge on any atom is 0.0501 e. The monoisotopic (exact) mass is 110 g/mol. The van der Waals surface area contributed by atoms with E-state index in [2.05, 4.69) is 4.99 Å². The Hall–Kier alpha value is -0.790. The molecule has 0 aliphatic heterocycles. The van der Waals surface area contributed by atoms with Crippen LogP contribution in [-0.4, -0.2) is 12.3 Å². The lowest BCUT2D eigenvalue weighted by Crippen LogP contribution is -1.78. The molecule has 0 heterocycles. The zero-order chi connectivity index (χ0) is 5.82. The van der Waals surface area contributed by atoms with Crippen molar-refractivity contribution in [2.24, 2.45) is 10.7 Å². The molecule has 0 atom stereocenters. The van der Waals surface area contributed by atoms with Gasteiger partial charge in [-0.1, -0.05) is 0 Å². The van der Waals surface area contributed by atoms with Crippen molar-refractivity contribution in [2.45, 2.75) is 18.9 Å². The third-order valence-electron chi connectivity index (χ3n) is 1.04. The summed E-state index contributed by atoms with van der Waals surface area (Å²) in [4.78, 5) is 4.13. The zero-order valence-electron chi connectivity index (χ0n) is 4.75. The number of nitrogens with zero attached hydrogens (tertiary/aromatic N) is 1. The number of hydrogen-bond donors (Lipinski definition) is 1. The van der Waals surface area contributed by atoms with Gasteiger partial charge in [-0.2, -0.15) is 0 Å². The fraction of sp³-hybridized carbons (Fsp3) is 0.500. The van der Waals surface area contributed by atoms with Crippen molar-refractivity contribution in [3.8, 4) is 0 Å². The summed E-state index contributed by atoms with van der Waals surface area (Å²) in [7, 11) is 0. The summed E-state index contributed by atoms with van der Waals surface area (Å²) in [6.07, 6.45) is 7.52. The maximum absolute atomic E-state index is 5.06. The van der Waals surface area contributed by atoms with Crippen LogP contribution < -0.4 is 5.73 Å². The summed E-state index contributed by atoms with van der Waals surface area (Å²) in [6, 6.07) is 0.617. The molecule has 2 nitrogen and oxygen atoms in total. The van der Waals surface area contributed by atoms with Crippen LogP contribution in [0.5, 0.6) is 0 Å². The van der Waals surface area contributed by atoms with Gasteiger partial charge in [0.15, 0.2) is 0 Å². The Balaban J connectivity index is 2.13. The molecule has 0 bridgehead atoms. The molecule has 2 heteroatoms. The van der Waals surface area contributed by atoms with E-state index in [4.69, 9.17) is 5.73 Å². The van der Waals surface area contributed by atoms with Gasteiger partial charge in [-0.15, -0.1) is 0 Å². The number of rotatable bonds is 2. The van der Waals surface area contributed by atoms with E-state index < -0.39 is 0 Å². The minimum atomic E-state index is 0.617. The summed E-state index contributed by atoms with van der Waals surface area (Å²) in [5, 5.41) is 0. The van der Waals surface area contributed by atoms with Crippen LogP contribution in [0, 0.1) is 0 Å². The van der Waals surface area contributed by atoms with Gasteiger partial charge in [0.25, 0.3) is 0 Å². The van der Waals surface area contributed by atoms with E-state index in [9.17, 15) is 0 Å². The van der Waals surface area contributed by atoms with Crippen LogP contribution in [0.3, 0.4) is 0 Å². The van der Waals surface area contributed by atoms with Crippen LogP contribution in [0.2, 0.25) is 0 Å². The average Bonchev–Trinajstić information content (AvgIpc) is 2.51. The summed E-state index contributed by atoms with van der Waals surface area (Å²) in [5.74, 6) is 0. The van der Waals surface area contributed by atoms with E-state index in [0.29, 0.717) is 6.04 Å². The normalized spacial score (nSPS) is 21.0. The first-order valence-corrected chi connectivity index (χ1v) is 2.83. The summed E-state index contributed by atoms with van der Waals surface area (Å²) < 4.78 is 0. The third-order valence-corrected chi connectivity index (χ3v) is 1.04. The van der Waals surface area contributed by atoms with E-state index in [1.165, 1.54) is 19.0 Å². The minimum Gasteiger partial charge on any atom is -0.405 e. The van der Waals surface area contributed by atoms with Crippen LogP contribution in [0.15, 0.2) is 17.3 Å². The van der Waals surface area contributed by atoms with Gasteiger partial charge in [-0.25, -0.2) is 0 Å². The quantitative estimate of drug-likeness (QED) is 0.522. The van der Waals surface area contributed by atoms with E-state index in [0.717, 1.165) is 0 Å². The number of aliphatic imine (C=N–C) groups is 1. The van der Waals surface area contributed by atoms with E-state index in [-0.39, 0.29) is 0 Å². The van der Waals surface area contributed by atoms with Crippen molar-refractivity contribution >= 4 is 6.21 Å². The van der Waals surface area contributed by atoms with Crippen molar-refractivity contribution < 1.29 is 0 Å². The van der Waals surface area contributed by atoms with Gasteiger partial charge < -0.3 is 5.73 Å². The molecule has 0 radical (unpaired) electrons. The molecule has 0 amide bonds. The molecule has 0 spiro atoms. The van der Waals surface area contributed by atoms with Crippen LogP contribution in [0.25, 0.3) is 0 Å². The summed E-state index contributed by atoms with van der Waals surface area (Å²) >= 11 is 0. The van der Waals surface area contributed by atoms with Crippen molar-refractivity contribution in [1.82, 2.24) is 0 Å². The topological polar surface area (TPSA) is 38.4 Å². The van der Waals surface area contributed by atoms with Crippen LogP contribution >= 0.6 is 0 Å². The average molecular weight is 110 g/mol. The predicted molar refractivity (Wildman–Crippen MR) is 34.8 cm³/mol. The molecule has 1 rings (SSSR count). The molecule has 0 aromatic rings. The van der Waals surface area contributed by atoms with Gasteiger partial charge in [0, 0.05) is 6.21 Å². The Morgan fingerprint density at radius 2 is 2.25 bits per heavy atom. The fourth-order valence-electron chi connectivity index (χ4n) is 0.445. The van der Waals surface area contributed by atoms with Gasteiger partial charge in [0.05, 0.1) is 6.04 Å². The molecular formula is C6H10N2. The number of allylic oxidation sites excluding steroid dienone is 1. The highest BCUT2D eigenvalue weighted by molar-refractivity contribution is 5.71. The molecular weight excluding hydrogens is 100 g/mol. The molecule has 1 aliphatic rings. The van der Waals surface area contributed by atoms with Gasteiger partial charge >= 0.3 is 0 Å². The van der Waals surface area contributed by atoms with E-state index >= 15 is 0 Å². The molecule has 1 aliphatic carbocycles. The van der Waals surface area contributed by atoms with Crippen molar-refractivity contribution in [1.29, 1.82) is 0 Å². The van der Waals surface area contributed by atoms with Crippen LogP contribution in [0.4, 0.5) is 0 Å². The highest BCUT2D eigenvalue weighted by atomic mass is 14.8. The van der Waals surface area contributed by atoms with Crippen molar-refractivity contribution in [3.05, 3.63) is 12.3 Å². The van der Waals surface area contributed by atoms with Crippen molar-refractivity contribution in [2.75, 3.05) is 0 Å². The second kappa shape index (κ2) is 2.50. The lowest BCUT2D eigenvalue weighted by atomic mass is 10.6. The van der Waals surface area contributed by atoms with Gasteiger partial charge in [-0.3, -0.25) is 4.99 Å². The highest BCUT2D eigenvalue weighted by Crippen LogP contribution is 2.22. The molecule has 1 saturated carbocycles. The first-order chi connectivity index (χ1) is 3.93. The predicted octanol–water partition coefficient (Wildman–Crippen LogP) is 0.692. The first-order valence-electron chi connectivity index (χ1n) is 2.83. The molecule has 0 saturated heterocycles. The smallest absolute Gasteiger partial charge is 0.0501 e.